The quantitative estimate of drug-likeness (QED) is 0.380. The molecule has 198 valence electrons. The highest BCUT2D eigenvalue weighted by Crippen LogP contribution is 2.31. The van der Waals surface area contributed by atoms with Crippen molar-refractivity contribution in [2.24, 2.45) is 0 Å². The smallest absolute Gasteiger partial charge is 0.408 e. The Bertz CT molecular complexity index is 1200. The number of alkyl carbamates (subject to hydrolysis) is 1. The van der Waals surface area contributed by atoms with E-state index in [1.165, 1.54) is 12.5 Å². The van der Waals surface area contributed by atoms with Crippen LogP contribution in [0.5, 0.6) is 0 Å². The molecule has 1 aromatic heterocycles. The first kappa shape index (κ1) is 28.0. The van der Waals surface area contributed by atoms with Crippen molar-refractivity contribution in [1.29, 1.82) is 5.41 Å². The molecule has 0 bridgehead atoms. The first-order valence-electron chi connectivity index (χ1n) is 12.8. The third-order valence-corrected chi connectivity index (χ3v) is 6.07. The molecule has 37 heavy (non-hydrogen) atoms. The van der Waals surface area contributed by atoms with Crippen LogP contribution in [0.3, 0.4) is 0 Å². The van der Waals surface area contributed by atoms with Gasteiger partial charge < -0.3 is 20.2 Å². The zero-order valence-corrected chi connectivity index (χ0v) is 22.7. The predicted octanol–water partition coefficient (Wildman–Crippen LogP) is 6.00. The number of allylic oxidation sites excluding steroid dienone is 2. The summed E-state index contributed by atoms with van der Waals surface area (Å²) in [5, 5.41) is 11.1. The summed E-state index contributed by atoms with van der Waals surface area (Å²) in [6.45, 7) is 10.4. The average Bonchev–Trinajstić information content (AvgIpc) is 2.80. The summed E-state index contributed by atoms with van der Waals surface area (Å²) in [6.07, 6.45) is 5.59. The number of benzene rings is 1. The molecule has 0 radical (unpaired) electrons. The van der Waals surface area contributed by atoms with Crippen LogP contribution >= 0.6 is 0 Å². The Kier molecular flexibility index (Phi) is 9.18. The molecule has 0 aliphatic heterocycles. The number of carbonyl (C=O) groups excluding carboxylic acids is 2. The lowest BCUT2D eigenvalue weighted by atomic mass is 9.90. The second-order valence-corrected chi connectivity index (χ2v) is 10.4. The predicted molar refractivity (Wildman–Crippen MR) is 143 cm³/mol. The Morgan fingerprint density at radius 1 is 1.14 bits per heavy atom. The number of hydrogen-bond acceptors (Lipinski definition) is 7. The van der Waals surface area contributed by atoms with Gasteiger partial charge in [0.15, 0.2) is 0 Å². The number of ether oxygens (including phenoxy) is 2. The van der Waals surface area contributed by atoms with Crippen LogP contribution in [0.25, 0.3) is 5.57 Å². The lowest BCUT2D eigenvalue weighted by Crippen LogP contribution is -2.35. The minimum atomic E-state index is -0.581. The molecule has 0 saturated heterocycles. The zero-order chi connectivity index (χ0) is 27.2. The topological polar surface area (TPSA) is 114 Å². The summed E-state index contributed by atoms with van der Waals surface area (Å²) in [5.74, 6) is -0.394. The van der Waals surface area contributed by atoms with Crippen LogP contribution in [-0.2, 0) is 27.3 Å². The third kappa shape index (κ3) is 7.97. The van der Waals surface area contributed by atoms with Crippen molar-refractivity contribution in [2.45, 2.75) is 91.9 Å². The van der Waals surface area contributed by atoms with Gasteiger partial charge in [-0.2, -0.15) is 0 Å². The molecule has 1 aliphatic carbocycles. The molecule has 2 N–H and O–H groups in total. The Balaban J connectivity index is 1.95. The molecule has 1 aliphatic rings. The van der Waals surface area contributed by atoms with E-state index in [1.54, 1.807) is 6.92 Å². The highest BCUT2D eigenvalue weighted by Gasteiger charge is 2.23. The molecule has 1 amide bonds. The number of rotatable bonds is 5. The van der Waals surface area contributed by atoms with Crippen molar-refractivity contribution >= 4 is 23.3 Å². The van der Waals surface area contributed by atoms with Gasteiger partial charge in [0.05, 0.1) is 23.1 Å². The van der Waals surface area contributed by atoms with E-state index in [0.717, 1.165) is 30.4 Å². The lowest BCUT2D eigenvalue weighted by molar-refractivity contribution is -0.142. The van der Waals surface area contributed by atoms with Crippen molar-refractivity contribution < 1.29 is 19.1 Å². The number of carbonyl (C=O) groups is 2. The minimum Gasteiger partial charge on any atom is -0.459 e. The molecule has 1 heterocycles. The Morgan fingerprint density at radius 2 is 1.86 bits per heavy atom. The van der Waals surface area contributed by atoms with E-state index in [0.29, 0.717) is 41.3 Å². The Hall–Kier alpha value is -3.55. The normalized spacial score (nSPS) is 17.6. The maximum atomic E-state index is 12.6. The van der Waals surface area contributed by atoms with Crippen LogP contribution in [0.4, 0.5) is 4.79 Å². The largest absolute Gasteiger partial charge is 0.459 e. The van der Waals surface area contributed by atoms with E-state index < -0.39 is 17.7 Å². The second kappa shape index (κ2) is 12.1. The first-order valence-corrected chi connectivity index (χ1v) is 12.8. The number of hydrogen-bond donors (Lipinski definition) is 2. The average molecular weight is 507 g/mol. The van der Waals surface area contributed by atoms with Gasteiger partial charge in [0, 0.05) is 6.92 Å². The summed E-state index contributed by atoms with van der Waals surface area (Å²) < 4.78 is 10.8. The van der Waals surface area contributed by atoms with Gasteiger partial charge in [-0.25, -0.2) is 14.8 Å². The summed E-state index contributed by atoms with van der Waals surface area (Å²) in [7, 11) is 0. The summed E-state index contributed by atoms with van der Waals surface area (Å²) >= 11 is 0. The molecular formula is C29H38N4O4. The number of amides is 1. The number of esters is 1. The van der Waals surface area contributed by atoms with Gasteiger partial charge in [-0.05, 0) is 83.4 Å². The Labute approximate surface area is 219 Å². The number of fused-ring (bicyclic) bond motifs is 1. The van der Waals surface area contributed by atoms with Gasteiger partial charge in [0.25, 0.3) is 0 Å². The fraction of sp³-hybridized carbons (Fsp3) is 0.483. The molecule has 0 fully saturated rings. The highest BCUT2D eigenvalue weighted by molar-refractivity contribution is 5.95. The van der Waals surface area contributed by atoms with Gasteiger partial charge >= 0.3 is 12.1 Å². The minimum absolute atomic E-state index is 0.00121. The second-order valence-electron chi connectivity index (χ2n) is 10.4. The van der Waals surface area contributed by atoms with Crippen LogP contribution in [0.15, 0.2) is 30.3 Å². The van der Waals surface area contributed by atoms with Gasteiger partial charge in [0.1, 0.15) is 23.6 Å². The van der Waals surface area contributed by atoms with Crippen molar-refractivity contribution in [3.05, 3.63) is 64.2 Å². The van der Waals surface area contributed by atoms with Gasteiger partial charge in [0.2, 0.25) is 0 Å². The maximum absolute atomic E-state index is 12.6. The third-order valence-electron chi connectivity index (χ3n) is 6.07. The van der Waals surface area contributed by atoms with Gasteiger partial charge in [-0.3, -0.25) is 4.79 Å². The van der Waals surface area contributed by atoms with E-state index in [1.807, 2.05) is 39.8 Å². The Morgan fingerprint density at radius 3 is 2.54 bits per heavy atom. The molecule has 0 unspecified atom stereocenters. The van der Waals surface area contributed by atoms with Crippen molar-refractivity contribution in [3.63, 3.8) is 0 Å². The van der Waals surface area contributed by atoms with Crippen molar-refractivity contribution in [1.82, 2.24) is 15.3 Å². The molecule has 0 spiro atoms. The maximum Gasteiger partial charge on any atom is 0.408 e. The standard InChI is InChI=1S/C29H38N4O4/c1-18(30)26-19(2)31-27(25(32-26)17-36-20(3)34)22-13-9-12-21-11-7-8-15-23(21)24(16-10-14-22)33-28(35)37-29(4,5)6/h7-8,11,14-15,24,30H,9-10,12-13,16-17H2,1-6H3,(H,33,35)/b22-14+,30-18?/t24-/m0/s1. The van der Waals surface area contributed by atoms with Gasteiger partial charge in [-0.15, -0.1) is 0 Å². The number of aromatic nitrogens is 2. The van der Waals surface area contributed by atoms with E-state index >= 15 is 0 Å². The molecular weight excluding hydrogens is 468 g/mol. The molecule has 8 nitrogen and oxygen atoms in total. The van der Waals surface area contributed by atoms with Crippen molar-refractivity contribution in [3.8, 4) is 0 Å². The first-order chi connectivity index (χ1) is 17.4. The SMILES string of the molecule is CC(=N)c1nc(COC(C)=O)c(/C2=C/CC[C@H](NC(=O)OC(C)(C)C)c3ccccc3CCC2)nc1C. The van der Waals surface area contributed by atoms with Crippen LogP contribution in [0.1, 0.15) is 100 Å². The molecule has 8 heteroatoms. The molecule has 3 rings (SSSR count). The molecule has 0 saturated carbocycles. The van der Waals surface area contributed by atoms with Crippen LogP contribution < -0.4 is 5.32 Å². The summed E-state index contributed by atoms with van der Waals surface area (Å²) in [4.78, 5) is 33.7. The van der Waals surface area contributed by atoms with E-state index in [9.17, 15) is 9.59 Å². The molecule has 1 atom stereocenters. The van der Waals surface area contributed by atoms with Crippen LogP contribution in [0, 0.1) is 12.3 Å². The van der Waals surface area contributed by atoms with Crippen LogP contribution in [0.2, 0.25) is 0 Å². The van der Waals surface area contributed by atoms with Crippen molar-refractivity contribution in [2.75, 3.05) is 0 Å². The highest BCUT2D eigenvalue weighted by atomic mass is 16.6. The van der Waals surface area contributed by atoms with E-state index in [2.05, 4.69) is 28.5 Å². The van der Waals surface area contributed by atoms with E-state index in [-0.39, 0.29) is 12.6 Å². The van der Waals surface area contributed by atoms with Gasteiger partial charge in [-0.1, -0.05) is 30.3 Å². The van der Waals surface area contributed by atoms with Crippen LogP contribution in [-0.4, -0.2) is 33.3 Å². The monoisotopic (exact) mass is 506 g/mol. The lowest BCUT2D eigenvalue weighted by Gasteiger charge is -2.26. The summed E-state index contributed by atoms with van der Waals surface area (Å²) in [5.41, 5.74) is 5.50. The van der Waals surface area contributed by atoms with E-state index in [4.69, 9.17) is 19.9 Å². The molecule has 2 aromatic rings. The fourth-order valence-electron chi connectivity index (χ4n) is 4.50. The number of nitrogens with zero attached hydrogens (tertiary/aromatic N) is 2. The zero-order valence-electron chi connectivity index (χ0n) is 22.7. The molecule has 1 aromatic carbocycles. The summed E-state index contributed by atoms with van der Waals surface area (Å²) in [6, 6.07) is 8.02. The number of nitrogens with one attached hydrogen (secondary N) is 2. The fourth-order valence-corrected chi connectivity index (χ4v) is 4.50. The number of aryl methyl sites for hydroxylation is 2.